The average Bonchev–Trinajstić information content (AvgIpc) is 2.64. The Morgan fingerprint density at radius 3 is 2.39 bits per heavy atom. The van der Waals surface area contributed by atoms with E-state index >= 15 is 0 Å². The Hall–Kier alpha value is -2.22. The molecule has 28 heavy (non-hydrogen) atoms. The number of piperidine rings is 1. The van der Waals surface area contributed by atoms with Crippen molar-refractivity contribution >= 4 is 33.3 Å². The number of nitrogens with one attached hydrogen (secondary N) is 3. The summed E-state index contributed by atoms with van der Waals surface area (Å²) in [4.78, 5) is 12.3. The highest BCUT2D eigenvalue weighted by atomic mass is 32.2. The molecule has 1 aliphatic heterocycles. The molecule has 3 N–H and O–H groups in total. The molecule has 1 saturated heterocycles. The monoisotopic (exact) mass is 423 g/mol. The van der Waals surface area contributed by atoms with Crippen LogP contribution in [0.15, 0.2) is 29.2 Å². The largest absolute Gasteiger partial charge is 0.357 e. The number of rotatable bonds is 3. The molecule has 0 radical (unpaired) electrons. The minimum Gasteiger partial charge on any atom is -0.357 e. The van der Waals surface area contributed by atoms with Crippen LogP contribution in [0.3, 0.4) is 0 Å². The Bertz CT molecular complexity index is 879. The van der Waals surface area contributed by atoms with Crippen LogP contribution in [0, 0.1) is 17.2 Å². The van der Waals surface area contributed by atoms with Crippen molar-refractivity contribution in [2.24, 2.45) is 5.92 Å². The van der Waals surface area contributed by atoms with E-state index in [1.54, 1.807) is 12.1 Å². The molecule has 0 bridgehead atoms. The van der Waals surface area contributed by atoms with Gasteiger partial charge in [0.25, 0.3) is 0 Å². The summed E-state index contributed by atoms with van der Waals surface area (Å²) < 4.78 is 27.0. The second-order valence-corrected chi connectivity index (χ2v) is 9.92. The van der Waals surface area contributed by atoms with Crippen LogP contribution in [0.4, 0.5) is 0 Å². The molecule has 1 aromatic rings. The predicted octanol–water partition coefficient (Wildman–Crippen LogP) is 1.25. The quantitative estimate of drug-likeness (QED) is 0.495. The topological polar surface area (TPSA) is 114 Å². The Kier molecular flexibility index (Phi) is 6.98. The Labute approximate surface area is 171 Å². The predicted molar refractivity (Wildman–Crippen MR) is 109 cm³/mol. The molecule has 10 heteroatoms. The smallest absolute Gasteiger partial charge is 0.244 e. The van der Waals surface area contributed by atoms with Crippen LogP contribution in [-0.2, 0) is 14.8 Å². The summed E-state index contributed by atoms with van der Waals surface area (Å²) >= 11 is 5.12. The number of benzene rings is 1. The zero-order valence-corrected chi connectivity index (χ0v) is 17.8. The zero-order chi connectivity index (χ0) is 20.9. The van der Waals surface area contributed by atoms with Gasteiger partial charge < -0.3 is 5.32 Å². The molecule has 1 fully saturated rings. The number of hydrazine groups is 1. The van der Waals surface area contributed by atoms with E-state index < -0.39 is 10.0 Å². The van der Waals surface area contributed by atoms with Crippen molar-refractivity contribution in [3.63, 3.8) is 0 Å². The Balaban J connectivity index is 1.93. The van der Waals surface area contributed by atoms with Crippen LogP contribution in [0.1, 0.15) is 39.2 Å². The summed E-state index contributed by atoms with van der Waals surface area (Å²) in [5.41, 5.74) is 5.14. The first kappa shape index (κ1) is 22.1. The second kappa shape index (κ2) is 8.86. The third-order valence-electron chi connectivity index (χ3n) is 4.24. The van der Waals surface area contributed by atoms with Gasteiger partial charge in [0.1, 0.15) is 6.07 Å². The van der Waals surface area contributed by atoms with Crippen LogP contribution >= 0.6 is 12.2 Å². The van der Waals surface area contributed by atoms with Gasteiger partial charge in [0.15, 0.2) is 5.11 Å². The van der Waals surface area contributed by atoms with E-state index in [9.17, 15) is 13.2 Å². The fourth-order valence-electron chi connectivity index (χ4n) is 2.87. The molecule has 2 rings (SSSR count). The number of thiocarbonyl (C=S) groups is 1. The van der Waals surface area contributed by atoms with Crippen molar-refractivity contribution in [2.75, 3.05) is 13.1 Å². The standard InChI is InChI=1S/C18H25N5O3S2/c1-18(2,3)20-17(27)22-21-16(24)13-8-10-23(11-9-13)28(25,26)15-7-5-4-6-14(15)12-19/h4-7,13H,8-11H2,1-3H3,(H,21,24)(H2,20,22,27). The molecule has 1 aromatic carbocycles. The minimum absolute atomic E-state index is 0.000622. The summed E-state index contributed by atoms with van der Waals surface area (Å²) in [7, 11) is -3.77. The van der Waals surface area contributed by atoms with Crippen LogP contribution in [0.5, 0.6) is 0 Å². The van der Waals surface area contributed by atoms with E-state index in [1.165, 1.54) is 16.4 Å². The number of carbonyl (C=O) groups is 1. The maximum Gasteiger partial charge on any atom is 0.244 e. The number of hydrogen-bond acceptors (Lipinski definition) is 5. The van der Waals surface area contributed by atoms with Gasteiger partial charge in [0, 0.05) is 24.5 Å². The number of nitriles is 1. The van der Waals surface area contributed by atoms with Gasteiger partial charge in [0.2, 0.25) is 15.9 Å². The third kappa shape index (κ3) is 5.64. The Morgan fingerprint density at radius 1 is 1.21 bits per heavy atom. The van der Waals surface area contributed by atoms with Crippen molar-refractivity contribution in [1.29, 1.82) is 5.26 Å². The lowest BCUT2D eigenvalue weighted by atomic mass is 9.98. The molecule has 1 aliphatic rings. The number of sulfonamides is 1. The molecule has 0 aromatic heterocycles. The van der Waals surface area contributed by atoms with Gasteiger partial charge in [-0.25, -0.2) is 8.42 Å². The molecular weight excluding hydrogens is 398 g/mol. The summed E-state index contributed by atoms with van der Waals surface area (Å²) in [6, 6.07) is 8.04. The van der Waals surface area contributed by atoms with Gasteiger partial charge in [-0.1, -0.05) is 12.1 Å². The maximum absolute atomic E-state index is 12.8. The molecular formula is C18H25N5O3S2. The highest BCUT2D eigenvalue weighted by molar-refractivity contribution is 7.89. The molecule has 8 nitrogen and oxygen atoms in total. The van der Waals surface area contributed by atoms with Gasteiger partial charge in [-0.05, 0) is 58.0 Å². The molecule has 152 valence electrons. The summed E-state index contributed by atoms with van der Waals surface area (Å²) in [6.07, 6.45) is 0.780. The third-order valence-corrected chi connectivity index (χ3v) is 6.40. The van der Waals surface area contributed by atoms with Crippen LogP contribution in [-0.4, -0.2) is 42.4 Å². The first-order chi connectivity index (χ1) is 13.0. The molecule has 0 aliphatic carbocycles. The second-order valence-electron chi connectivity index (χ2n) is 7.60. The van der Waals surface area contributed by atoms with Gasteiger partial charge >= 0.3 is 0 Å². The Morgan fingerprint density at radius 2 is 1.82 bits per heavy atom. The summed E-state index contributed by atoms with van der Waals surface area (Å²) in [5.74, 6) is -0.546. The fraction of sp³-hybridized carbons (Fsp3) is 0.500. The normalized spacial score (nSPS) is 16.1. The highest BCUT2D eigenvalue weighted by Gasteiger charge is 2.33. The molecule has 0 unspecified atom stereocenters. The van der Waals surface area contributed by atoms with Crippen molar-refractivity contribution in [3.8, 4) is 6.07 Å². The lowest BCUT2D eigenvalue weighted by Gasteiger charge is -2.31. The SMILES string of the molecule is CC(C)(C)NC(=S)NNC(=O)C1CCN(S(=O)(=O)c2ccccc2C#N)CC1. The van der Waals surface area contributed by atoms with E-state index in [4.69, 9.17) is 17.5 Å². The first-order valence-corrected chi connectivity index (χ1v) is 10.8. The van der Waals surface area contributed by atoms with Gasteiger partial charge in [-0.3, -0.25) is 15.6 Å². The number of carbonyl (C=O) groups excluding carboxylic acids is 1. The fourth-order valence-corrected chi connectivity index (χ4v) is 4.84. The lowest BCUT2D eigenvalue weighted by Crippen LogP contribution is -2.54. The number of amides is 1. The van der Waals surface area contributed by atoms with E-state index in [0.717, 1.165) is 0 Å². The van der Waals surface area contributed by atoms with E-state index in [0.29, 0.717) is 18.0 Å². The maximum atomic E-state index is 12.8. The number of hydrogen-bond donors (Lipinski definition) is 3. The lowest BCUT2D eigenvalue weighted by molar-refractivity contribution is -0.126. The number of nitrogens with zero attached hydrogens (tertiary/aromatic N) is 2. The van der Waals surface area contributed by atoms with Crippen molar-refractivity contribution < 1.29 is 13.2 Å². The van der Waals surface area contributed by atoms with E-state index in [-0.39, 0.29) is 40.9 Å². The van der Waals surface area contributed by atoms with Crippen LogP contribution in [0.25, 0.3) is 0 Å². The van der Waals surface area contributed by atoms with Gasteiger partial charge in [-0.15, -0.1) is 0 Å². The summed E-state index contributed by atoms with van der Waals surface area (Å²) in [5, 5.41) is 12.5. The molecule has 0 atom stereocenters. The van der Waals surface area contributed by atoms with Crippen LogP contribution in [0.2, 0.25) is 0 Å². The van der Waals surface area contributed by atoms with Gasteiger partial charge in [0.05, 0.1) is 10.5 Å². The molecule has 1 heterocycles. The zero-order valence-electron chi connectivity index (χ0n) is 16.2. The van der Waals surface area contributed by atoms with Crippen LogP contribution < -0.4 is 16.2 Å². The molecule has 0 spiro atoms. The van der Waals surface area contributed by atoms with Gasteiger partial charge in [-0.2, -0.15) is 9.57 Å². The van der Waals surface area contributed by atoms with Crippen molar-refractivity contribution in [1.82, 2.24) is 20.5 Å². The minimum atomic E-state index is -3.77. The van der Waals surface area contributed by atoms with E-state index in [1.807, 2.05) is 26.8 Å². The molecule has 1 amide bonds. The van der Waals surface area contributed by atoms with Crippen molar-refractivity contribution in [3.05, 3.63) is 29.8 Å². The van der Waals surface area contributed by atoms with Crippen molar-refractivity contribution in [2.45, 2.75) is 44.0 Å². The first-order valence-electron chi connectivity index (χ1n) is 8.92. The highest BCUT2D eigenvalue weighted by Crippen LogP contribution is 2.25. The summed E-state index contributed by atoms with van der Waals surface area (Å²) in [6.45, 7) is 6.27. The molecule has 0 saturated carbocycles. The van der Waals surface area contributed by atoms with E-state index in [2.05, 4.69) is 16.2 Å². The average molecular weight is 424 g/mol.